The number of imidazole rings is 1. The predicted octanol–water partition coefficient (Wildman–Crippen LogP) is 3.83. The first kappa shape index (κ1) is 27.1. The molecule has 2 atom stereocenters. The van der Waals surface area contributed by atoms with Crippen molar-refractivity contribution in [2.24, 2.45) is 0 Å². The van der Waals surface area contributed by atoms with Gasteiger partial charge in [-0.2, -0.15) is 0 Å². The summed E-state index contributed by atoms with van der Waals surface area (Å²) in [7, 11) is -2.55. The molecule has 2 aromatic carbocycles. The van der Waals surface area contributed by atoms with Gasteiger partial charge in [0.05, 0.1) is 25.6 Å². The Kier molecular flexibility index (Phi) is 9.29. The van der Waals surface area contributed by atoms with E-state index in [9.17, 15) is 9.36 Å². The number of aryl methyl sites for hydroxylation is 1. The summed E-state index contributed by atoms with van der Waals surface area (Å²) < 4.78 is 31.7. The third-order valence-corrected chi connectivity index (χ3v) is 6.55. The Morgan fingerprint density at radius 1 is 1.11 bits per heavy atom. The molecule has 0 spiro atoms. The van der Waals surface area contributed by atoms with E-state index in [1.807, 2.05) is 42.7 Å². The van der Waals surface area contributed by atoms with Crippen LogP contribution >= 0.6 is 8.03 Å². The van der Waals surface area contributed by atoms with Crippen molar-refractivity contribution < 1.29 is 23.4 Å². The second-order valence-electron chi connectivity index (χ2n) is 8.64. The highest BCUT2D eigenvalue weighted by Crippen LogP contribution is 2.35. The number of aromatic nitrogens is 4. The van der Waals surface area contributed by atoms with E-state index in [1.165, 1.54) is 6.33 Å². The lowest BCUT2D eigenvalue weighted by molar-refractivity contribution is 0.0851. The van der Waals surface area contributed by atoms with E-state index in [0.717, 1.165) is 5.56 Å². The molecular formula is C26H31N6O5P. The number of amides is 1. The van der Waals surface area contributed by atoms with Crippen LogP contribution in [0.15, 0.2) is 61.2 Å². The van der Waals surface area contributed by atoms with E-state index in [0.29, 0.717) is 60.2 Å². The van der Waals surface area contributed by atoms with E-state index in [-0.39, 0.29) is 18.4 Å². The molecule has 11 nitrogen and oxygen atoms in total. The van der Waals surface area contributed by atoms with E-state index in [4.69, 9.17) is 19.7 Å². The Hall–Kier alpha value is -3.95. The molecule has 4 rings (SSSR count). The van der Waals surface area contributed by atoms with Gasteiger partial charge in [0.2, 0.25) is 0 Å². The number of ether oxygens (including phenoxy) is 2. The molecule has 0 saturated carbocycles. The first-order chi connectivity index (χ1) is 18.4. The van der Waals surface area contributed by atoms with Gasteiger partial charge in [-0.1, -0.05) is 30.3 Å². The standard InChI is InChI=1S/C26H31N6O5P/c1-18-8-3-4-9-20(18)26(33)28-12-7-13-35-21-10-5-6-11-22(21)37-38(34)17-36-19(2)14-32-16-31-23-24(27)29-15-30-25(23)32/h3-6,8-11,15-16,19,38H,7,12-14,17H2,1-2H3,(H,28,33)(H2,27,29,30). The number of benzene rings is 2. The summed E-state index contributed by atoms with van der Waals surface area (Å²) in [5.41, 5.74) is 8.55. The number of nitrogens with one attached hydrogen (secondary N) is 1. The molecule has 0 saturated heterocycles. The van der Waals surface area contributed by atoms with Crippen molar-refractivity contribution in [1.82, 2.24) is 24.8 Å². The molecule has 2 aromatic heterocycles. The summed E-state index contributed by atoms with van der Waals surface area (Å²) in [6.07, 6.45) is 3.27. The molecule has 38 heavy (non-hydrogen) atoms. The average Bonchev–Trinajstić information content (AvgIpc) is 3.32. The van der Waals surface area contributed by atoms with Crippen molar-refractivity contribution in [2.45, 2.75) is 32.9 Å². The number of fused-ring (bicyclic) bond motifs is 1. The maximum Gasteiger partial charge on any atom is 0.261 e. The summed E-state index contributed by atoms with van der Waals surface area (Å²) >= 11 is 0. The minimum atomic E-state index is -2.55. The fraction of sp³-hybridized carbons (Fsp3) is 0.308. The van der Waals surface area contributed by atoms with E-state index < -0.39 is 8.03 Å². The number of carbonyl (C=O) groups excluding carboxylic acids is 1. The number of nitrogens with two attached hydrogens (primary N) is 1. The molecule has 0 radical (unpaired) electrons. The summed E-state index contributed by atoms with van der Waals surface area (Å²) in [4.78, 5) is 24.7. The third kappa shape index (κ3) is 7.08. The zero-order valence-corrected chi connectivity index (χ0v) is 22.3. The smallest absolute Gasteiger partial charge is 0.261 e. The minimum absolute atomic E-state index is 0.0607. The maximum absolute atomic E-state index is 12.6. The van der Waals surface area contributed by atoms with E-state index in [2.05, 4.69) is 20.3 Å². The quantitative estimate of drug-likeness (QED) is 0.192. The topological polar surface area (TPSA) is 143 Å². The van der Waals surface area contributed by atoms with Crippen molar-refractivity contribution in [3.63, 3.8) is 0 Å². The van der Waals surface area contributed by atoms with Gasteiger partial charge in [-0.3, -0.25) is 9.36 Å². The second-order valence-corrected chi connectivity index (χ2v) is 9.88. The fourth-order valence-electron chi connectivity index (χ4n) is 3.76. The van der Waals surface area contributed by atoms with Gasteiger partial charge in [0, 0.05) is 12.1 Å². The highest BCUT2D eigenvalue weighted by atomic mass is 31.1. The minimum Gasteiger partial charge on any atom is -0.490 e. The van der Waals surface area contributed by atoms with E-state index >= 15 is 0 Å². The zero-order valence-electron chi connectivity index (χ0n) is 21.3. The van der Waals surface area contributed by atoms with Crippen LogP contribution in [0.4, 0.5) is 5.82 Å². The van der Waals surface area contributed by atoms with Crippen LogP contribution in [0.1, 0.15) is 29.3 Å². The van der Waals surface area contributed by atoms with Gasteiger partial charge < -0.3 is 29.6 Å². The molecule has 0 bridgehead atoms. The number of nitrogens with zero attached hydrogens (tertiary/aromatic N) is 4. The Morgan fingerprint density at radius 2 is 1.87 bits per heavy atom. The number of rotatable bonds is 13. The number of hydrogen-bond acceptors (Lipinski definition) is 9. The van der Waals surface area contributed by atoms with Crippen molar-refractivity contribution in [3.05, 3.63) is 72.3 Å². The number of nitrogen functional groups attached to an aromatic ring is 1. The molecule has 4 aromatic rings. The first-order valence-corrected chi connectivity index (χ1v) is 13.7. The largest absolute Gasteiger partial charge is 0.490 e. The van der Waals surface area contributed by atoms with Gasteiger partial charge in [-0.05, 0) is 44.0 Å². The van der Waals surface area contributed by atoms with Crippen LogP contribution in [0.3, 0.4) is 0 Å². The molecule has 2 unspecified atom stereocenters. The Labute approximate surface area is 221 Å². The van der Waals surface area contributed by atoms with Gasteiger partial charge in [0.25, 0.3) is 13.9 Å². The Bertz CT molecular complexity index is 1410. The van der Waals surface area contributed by atoms with Crippen molar-refractivity contribution in [1.29, 1.82) is 0 Å². The summed E-state index contributed by atoms with van der Waals surface area (Å²) in [5.74, 6) is 1.06. The van der Waals surface area contributed by atoms with Crippen LogP contribution in [0.25, 0.3) is 11.2 Å². The van der Waals surface area contributed by atoms with Gasteiger partial charge in [0.1, 0.15) is 18.2 Å². The fourth-order valence-corrected chi connectivity index (χ4v) is 4.65. The summed E-state index contributed by atoms with van der Waals surface area (Å²) in [6, 6.07) is 14.5. The lowest BCUT2D eigenvalue weighted by Gasteiger charge is -2.16. The number of carbonyl (C=O) groups is 1. The normalized spacial score (nSPS) is 12.7. The summed E-state index contributed by atoms with van der Waals surface area (Å²) in [5, 5.41) is 2.90. The van der Waals surface area contributed by atoms with Crippen LogP contribution in [0.2, 0.25) is 0 Å². The van der Waals surface area contributed by atoms with Crippen molar-refractivity contribution in [3.8, 4) is 11.5 Å². The number of para-hydroxylation sites is 2. The molecule has 0 fully saturated rings. The Morgan fingerprint density at radius 3 is 2.68 bits per heavy atom. The van der Waals surface area contributed by atoms with Gasteiger partial charge in [-0.25, -0.2) is 15.0 Å². The van der Waals surface area contributed by atoms with Crippen LogP contribution in [0, 0.1) is 6.92 Å². The van der Waals surface area contributed by atoms with Gasteiger partial charge >= 0.3 is 0 Å². The molecule has 0 aliphatic carbocycles. The average molecular weight is 539 g/mol. The molecule has 200 valence electrons. The Balaban J connectivity index is 1.20. The van der Waals surface area contributed by atoms with Crippen LogP contribution in [-0.4, -0.2) is 51.0 Å². The summed E-state index contributed by atoms with van der Waals surface area (Å²) in [6.45, 7) is 5.03. The SMILES string of the molecule is Cc1ccccc1C(=O)NCCCOc1ccccc1O[PH](=O)COC(C)Cn1cnc2c(N)ncnc21. The molecule has 2 heterocycles. The molecule has 0 aliphatic heterocycles. The lowest BCUT2D eigenvalue weighted by Crippen LogP contribution is -2.26. The molecular weight excluding hydrogens is 507 g/mol. The van der Waals surface area contributed by atoms with E-state index in [1.54, 1.807) is 30.6 Å². The highest BCUT2D eigenvalue weighted by Gasteiger charge is 2.14. The molecule has 3 N–H and O–H groups in total. The van der Waals surface area contributed by atoms with Gasteiger partial charge in [0.15, 0.2) is 23.0 Å². The monoisotopic (exact) mass is 538 g/mol. The number of anilines is 1. The van der Waals surface area contributed by atoms with Crippen LogP contribution in [0.5, 0.6) is 11.5 Å². The second kappa shape index (κ2) is 13.0. The molecule has 1 amide bonds. The predicted molar refractivity (Wildman–Crippen MR) is 145 cm³/mol. The van der Waals surface area contributed by atoms with Crippen LogP contribution < -0.4 is 20.3 Å². The zero-order chi connectivity index (χ0) is 26.9. The molecule has 12 heteroatoms. The maximum atomic E-state index is 12.6. The lowest BCUT2D eigenvalue weighted by atomic mass is 10.1. The van der Waals surface area contributed by atoms with Crippen LogP contribution in [-0.2, 0) is 15.8 Å². The molecule has 0 aliphatic rings. The first-order valence-electron chi connectivity index (χ1n) is 12.2. The van der Waals surface area contributed by atoms with Crippen molar-refractivity contribution >= 4 is 30.9 Å². The van der Waals surface area contributed by atoms with Gasteiger partial charge in [-0.15, -0.1) is 0 Å². The highest BCUT2D eigenvalue weighted by molar-refractivity contribution is 7.39. The number of hydrogen-bond donors (Lipinski definition) is 2. The third-order valence-electron chi connectivity index (χ3n) is 5.70. The van der Waals surface area contributed by atoms with Crippen molar-refractivity contribution in [2.75, 3.05) is 25.2 Å².